The zero-order valence-electron chi connectivity index (χ0n) is 12.7. The molecule has 2 aliphatic rings. The number of carbonyl (C=O) groups is 1. The van der Waals surface area contributed by atoms with E-state index in [0.717, 1.165) is 43.4 Å². The Hall–Kier alpha value is -2.17. The molecule has 1 aromatic carbocycles. The molecule has 0 saturated heterocycles. The van der Waals surface area contributed by atoms with Gasteiger partial charge < -0.3 is 20.4 Å². The zero-order valence-corrected chi connectivity index (χ0v) is 12.7. The molecule has 0 radical (unpaired) electrons. The van der Waals surface area contributed by atoms with Gasteiger partial charge in [-0.3, -0.25) is 0 Å². The molecule has 2 aliphatic carbocycles. The number of rotatable bonds is 3. The van der Waals surface area contributed by atoms with Gasteiger partial charge >= 0.3 is 6.03 Å². The molecule has 1 fully saturated rings. The molecule has 4 rings (SSSR count). The molecular weight excluding hydrogens is 278 g/mol. The zero-order chi connectivity index (χ0) is 15.1. The number of methoxy groups -OCH3 is 1. The second kappa shape index (κ2) is 5.23. The Kier molecular flexibility index (Phi) is 3.21. The number of ether oxygens (including phenoxy) is 1. The van der Waals surface area contributed by atoms with Gasteiger partial charge in [-0.2, -0.15) is 0 Å². The van der Waals surface area contributed by atoms with Crippen molar-refractivity contribution in [3.63, 3.8) is 0 Å². The average molecular weight is 299 g/mol. The third kappa shape index (κ3) is 2.51. The molecule has 0 spiro atoms. The minimum Gasteiger partial charge on any atom is -0.497 e. The molecule has 22 heavy (non-hydrogen) atoms. The first-order chi connectivity index (χ1) is 10.7. The Bertz CT molecular complexity index is 718. The number of hydrogen-bond acceptors (Lipinski definition) is 2. The van der Waals surface area contributed by atoms with E-state index in [0.29, 0.717) is 6.04 Å². The van der Waals surface area contributed by atoms with Crippen molar-refractivity contribution in [2.45, 2.75) is 44.2 Å². The molecule has 116 valence electrons. The Morgan fingerprint density at radius 1 is 1.23 bits per heavy atom. The highest BCUT2D eigenvalue weighted by Gasteiger charge is 2.27. The minimum absolute atomic E-state index is 0.0200. The van der Waals surface area contributed by atoms with Crippen LogP contribution in [-0.4, -0.2) is 30.2 Å². The highest BCUT2D eigenvalue weighted by atomic mass is 16.5. The van der Waals surface area contributed by atoms with Crippen LogP contribution < -0.4 is 15.4 Å². The fourth-order valence-corrected chi connectivity index (χ4v) is 3.29. The Balaban J connectivity index is 1.54. The van der Waals surface area contributed by atoms with Gasteiger partial charge in [-0.05, 0) is 55.9 Å². The van der Waals surface area contributed by atoms with E-state index < -0.39 is 0 Å². The van der Waals surface area contributed by atoms with Crippen LogP contribution in [0.3, 0.4) is 0 Å². The second-order valence-corrected chi connectivity index (χ2v) is 6.33. The lowest BCUT2D eigenvalue weighted by Crippen LogP contribution is -2.45. The van der Waals surface area contributed by atoms with Gasteiger partial charge in [-0.25, -0.2) is 4.79 Å². The number of carbonyl (C=O) groups excluding carboxylic acids is 1. The van der Waals surface area contributed by atoms with Crippen molar-refractivity contribution in [3.8, 4) is 5.75 Å². The van der Waals surface area contributed by atoms with E-state index in [2.05, 4.69) is 27.8 Å². The van der Waals surface area contributed by atoms with Gasteiger partial charge in [0.1, 0.15) is 5.75 Å². The summed E-state index contributed by atoms with van der Waals surface area (Å²) in [5.74, 6) is 0.871. The predicted molar refractivity (Wildman–Crippen MR) is 85.4 cm³/mol. The SMILES string of the molecule is COc1ccc2[nH]c3c(c2c1)CC(NC(=O)NC1CC1)CC3. The molecule has 2 amide bonds. The maximum absolute atomic E-state index is 11.9. The van der Waals surface area contributed by atoms with Crippen LogP contribution in [0.5, 0.6) is 5.75 Å². The van der Waals surface area contributed by atoms with Crippen molar-refractivity contribution in [2.24, 2.45) is 0 Å². The number of amides is 2. The molecule has 1 atom stereocenters. The summed E-state index contributed by atoms with van der Waals surface area (Å²) in [7, 11) is 1.69. The number of fused-ring (bicyclic) bond motifs is 3. The van der Waals surface area contributed by atoms with Crippen LogP contribution in [0.15, 0.2) is 18.2 Å². The lowest BCUT2D eigenvalue weighted by atomic mass is 9.91. The molecule has 1 heterocycles. The third-order valence-corrected chi connectivity index (χ3v) is 4.64. The highest BCUT2D eigenvalue weighted by Crippen LogP contribution is 2.31. The van der Waals surface area contributed by atoms with E-state index in [4.69, 9.17) is 4.74 Å². The number of urea groups is 1. The maximum Gasteiger partial charge on any atom is 0.315 e. The molecular formula is C17H21N3O2. The summed E-state index contributed by atoms with van der Waals surface area (Å²) in [6.07, 6.45) is 5.06. The summed E-state index contributed by atoms with van der Waals surface area (Å²) in [5.41, 5.74) is 3.76. The molecule has 2 aromatic rings. The van der Waals surface area contributed by atoms with Crippen molar-refractivity contribution in [1.82, 2.24) is 15.6 Å². The Morgan fingerprint density at radius 3 is 2.82 bits per heavy atom. The third-order valence-electron chi connectivity index (χ3n) is 4.64. The van der Waals surface area contributed by atoms with E-state index in [-0.39, 0.29) is 12.1 Å². The van der Waals surface area contributed by atoms with Crippen LogP contribution >= 0.6 is 0 Å². The smallest absolute Gasteiger partial charge is 0.315 e. The van der Waals surface area contributed by atoms with Crippen molar-refractivity contribution < 1.29 is 9.53 Å². The molecule has 1 unspecified atom stereocenters. The Labute approximate surface area is 129 Å². The Morgan fingerprint density at radius 2 is 2.05 bits per heavy atom. The summed E-state index contributed by atoms with van der Waals surface area (Å²) in [5, 5.41) is 7.33. The number of aryl methyl sites for hydroxylation is 1. The van der Waals surface area contributed by atoms with Gasteiger partial charge in [0.15, 0.2) is 0 Å². The lowest BCUT2D eigenvalue weighted by Gasteiger charge is -2.23. The fraction of sp³-hybridized carbons (Fsp3) is 0.471. The van der Waals surface area contributed by atoms with Gasteiger partial charge in [0.25, 0.3) is 0 Å². The summed E-state index contributed by atoms with van der Waals surface area (Å²) < 4.78 is 5.33. The lowest BCUT2D eigenvalue weighted by molar-refractivity contribution is 0.235. The normalized spacial score (nSPS) is 20.5. The molecule has 5 heteroatoms. The monoisotopic (exact) mass is 299 g/mol. The quantitative estimate of drug-likeness (QED) is 0.815. The van der Waals surface area contributed by atoms with Gasteiger partial charge in [0.2, 0.25) is 0 Å². The van der Waals surface area contributed by atoms with E-state index in [9.17, 15) is 4.79 Å². The molecule has 0 aliphatic heterocycles. The number of nitrogens with one attached hydrogen (secondary N) is 3. The van der Waals surface area contributed by atoms with Crippen LogP contribution in [0.4, 0.5) is 4.79 Å². The predicted octanol–water partition coefficient (Wildman–Crippen LogP) is 2.50. The number of H-pyrrole nitrogens is 1. The van der Waals surface area contributed by atoms with Crippen LogP contribution in [0.2, 0.25) is 0 Å². The van der Waals surface area contributed by atoms with Gasteiger partial charge in [-0.1, -0.05) is 0 Å². The van der Waals surface area contributed by atoms with Crippen LogP contribution in [0.1, 0.15) is 30.5 Å². The van der Waals surface area contributed by atoms with Crippen molar-refractivity contribution in [1.29, 1.82) is 0 Å². The van der Waals surface area contributed by atoms with Crippen LogP contribution in [0, 0.1) is 0 Å². The molecule has 5 nitrogen and oxygen atoms in total. The van der Waals surface area contributed by atoms with E-state index >= 15 is 0 Å². The van der Waals surface area contributed by atoms with Crippen molar-refractivity contribution >= 4 is 16.9 Å². The number of benzene rings is 1. The van der Waals surface area contributed by atoms with Crippen LogP contribution in [0.25, 0.3) is 10.9 Å². The summed E-state index contributed by atoms with van der Waals surface area (Å²) >= 11 is 0. The first kappa shape index (κ1) is 13.5. The van der Waals surface area contributed by atoms with Crippen molar-refractivity contribution in [2.75, 3.05) is 7.11 Å². The summed E-state index contributed by atoms with van der Waals surface area (Å²) in [6, 6.07) is 6.70. The molecule has 3 N–H and O–H groups in total. The fourth-order valence-electron chi connectivity index (χ4n) is 3.29. The molecule has 0 bridgehead atoms. The second-order valence-electron chi connectivity index (χ2n) is 6.33. The maximum atomic E-state index is 11.9. The first-order valence-electron chi connectivity index (χ1n) is 7.97. The number of aromatic nitrogens is 1. The van der Waals surface area contributed by atoms with E-state index in [1.807, 2.05) is 6.07 Å². The van der Waals surface area contributed by atoms with Crippen molar-refractivity contribution in [3.05, 3.63) is 29.5 Å². The van der Waals surface area contributed by atoms with E-state index in [1.165, 1.54) is 16.6 Å². The minimum atomic E-state index is -0.0200. The number of hydrogen-bond donors (Lipinski definition) is 3. The largest absolute Gasteiger partial charge is 0.497 e. The van der Waals surface area contributed by atoms with Crippen LogP contribution in [-0.2, 0) is 12.8 Å². The highest BCUT2D eigenvalue weighted by molar-refractivity contribution is 5.86. The van der Waals surface area contributed by atoms with Gasteiger partial charge in [-0.15, -0.1) is 0 Å². The average Bonchev–Trinajstić information content (AvgIpc) is 3.25. The number of aromatic amines is 1. The van der Waals surface area contributed by atoms with Gasteiger partial charge in [0.05, 0.1) is 7.11 Å². The molecule has 1 aromatic heterocycles. The summed E-state index contributed by atoms with van der Waals surface area (Å²) in [6.45, 7) is 0. The topological polar surface area (TPSA) is 66.1 Å². The standard InChI is InChI=1S/C17H21N3O2/c1-22-12-5-7-16-14(9-12)13-8-11(4-6-15(13)20-16)19-17(21)18-10-2-3-10/h5,7,9-11,20H,2-4,6,8H2,1H3,(H2,18,19,21). The van der Waals surface area contributed by atoms with Gasteiger partial charge in [0, 0.05) is 28.7 Å². The van der Waals surface area contributed by atoms with E-state index in [1.54, 1.807) is 7.11 Å². The first-order valence-corrected chi connectivity index (χ1v) is 7.97. The molecule has 1 saturated carbocycles. The summed E-state index contributed by atoms with van der Waals surface area (Å²) in [4.78, 5) is 15.4.